The molecule has 1 aliphatic rings. The number of ether oxygens (including phenoxy) is 1. The lowest BCUT2D eigenvalue weighted by Crippen LogP contribution is -2.52. The zero-order valence-electron chi connectivity index (χ0n) is 23.0. The van der Waals surface area contributed by atoms with E-state index in [1.807, 2.05) is 0 Å². The van der Waals surface area contributed by atoms with E-state index >= 15 is 0 Å². The number of nitrogens with zero attached hydrogens (tertiary/aromatic N) is 4. The van der Waals surface area contributed by atoms with Gasteiger partial charge in [0.15, 0.2) is 5.75 Å². The molecule has 4 rings (SSSR count). The van der Waals surface area contributed by atoms with Gasteiger partial charge in [-0.15, -0.1) is 0 Å². The summed E-state index contributed by atoms with van der Waals surface area (Å²) in [5.74, 6) is -1.04. The molecule has 0 bridgehead atoms. The summed E-state index contributed by atoms with van der Waals surface area (Å²) in [7, 11) is 0. The van der Waals surface area contributed by atoms with Gasteiger partial charge in [-0.1, -0.05) is 12.1 Å². The van der Waals surface area contributed by atoms with Crippen LogP contribution < -0.4 is 15.6 Å². The van der Waals surface area contributed by atoms with Gasteiger partial charge in [-0.2, -0.15) is 10.4 Å². The lowest BCUT2D eigenvalue weighted by molar-refractivity contribution is -0.137. The molecule has 40 heavy (non-hydrogen) atoms. The van der Waals surface area contributed by atoms with Crippen molar-refractivity contribution >= 4 is 11.8 Å². The van der Waals surface area contributed by atoms with Crippen LogP contribution in [-0.4, -0.2) is 44.0 Å². The second-order valence-corrected chi connectivity index (χ2v) is 10.5. The SMILES string of the molecule is Cc1cc(Oc2ccc(C(=O)N[C@H](C)C(=O)N3C(C(C)(C)C#N)CC[C@H]3c3cccc(F)c3)nc2C)c(=O)[nH]n1. The highest BCUT2D eigenvalue weighted by molar-refractivity contribution is 5.96. The fourth-order valence-corrected chi connectivity index (χ4v) is 4.96. The Morgan fingerprint density at radius 3 is 2.62 bits per heavy atom. The molecular weight excluding hydrogens is 515 g/mol. The first-order valence-electron chi connectivity index (χ1n) is 12.9. The number of H-pyrrole nitrogens is 1. The Balaban J connectivity index is 1.53. The lowest BCUT2D eigenvalue weighted by Gasteiger charge is -2.38. The van der Waals surface area contributed by atoms with E-state index in [9.17, 15) is 24.0 Å². The Labute approximate surface area is 231 Å². The van der Waals surface area contributed by atoms with Gasteiger partial charge in [0.05, 0.1) is 35.0 Å². The van der Waals surface area contributed by atoms with Crippen LogP contribution in [0.4, 0.5) is 4.39 Å². The van der Waals surface area contributed by atoms with E-state index in [-0.39, 0.29) is 23.1 Å². The predicted molar refractivity (Wildman–Crippen MR) is 144 cm³/mol. The molecule has 1 fully saturated rings. The number of aromatic nitrogens is 3. The fraction of sp³-hybridized carbons (Fsp3) is 0.379. The summed E-state index contributed by atoms with van der Waals surface area (Å²) in [6, 6.07) is 11.0. The van der Waals surface area contributed by atoms with Gasteiger partial charge in [-0.05, 0) is 77.3 Å². The summed E-state index contributed by atoms with van der Waals surface area (Å²) in [5.41, 5.74) is 0.261. The van der Waals surface area contributed by atoms with Gasteiger partial charge in [-0.3, -0.25) is 14.4 Å². The third kappa shape index (κ3) is 5.86. The van der Waals surface area contributed by atoms with Gasteiger partial charge in [0.1, 0.15) is 23.3 Å². The monoisotopic (exact) mass is 546 g/mol. The largest absolute Gasteiger partial charge is 0.450 e. The van der Waals surface area contributed by atoms with Gasteiger partial charge >= 0.3 is 5.56 Å². The summed E-state index contributed by atoms with van der Waals surface area (Å²) in [6.45, 7) is 8.44. The molecule has 0 saturated carbocycles. The van der Waals surface area contributed by atoms with Crippen LogP contribution in [0.25, 0.3) is 0 Å². The zero-order chi connectivity index (χ0) is 29.2. The van der Waals surface area contributed by atoms with E-state index in [2.05, 4.69) is 26.6 Å². The molecule has 0 spiro atoms. The number of carbonyl (C=O) groups excluding carboxylic acids is 2. The smallest absolute Gasteiger partial charge is 0.307 e. The van der Waals surface area contributed by atoms with Crippen molar-refractivity contribution in [3.05, 3.63) is 81.3 Å². The Bertz CT molecular complexity index is 1550. The maximum atomic E-state index is 14.0. The highest BCUT2D eigenvalue weighted by atomic mass is 19.1. The van der Waals surface area contributed by atoms with Crippen molar-refractivity contribution in [1.29, 1.82) is 5.26 Å². The molecule has 2 amide bonds. The molecule has 10 nitrogen and oxygen atoms in total. The number of benzene rings is 1. The highest BCUT2D eigenvalue weighted by Gasteiger charge is 2.46. The third-order valence-corrected chi connectivity index (χ3v) is 7.10. The molecular formula is C29H31FN6O4. The van der Waals surface area contributed by atoms with Crippen molar-refractivity contribution in [1.82, 2.24) is 25.4 Å². The first-order valence-corrected chi connectivity index (χ1v) is 12.9. The minimum Gasteiger partial charge on any atom is -0.450 e. The number of halogens is 1. The number of nitrogens with one attached hydrogen (secondary N) is 2. The van der Waals surface area contributed by atoms with E-state index in [0.29, 0.717) is 29.8 Å². The number of pyridine rings is 1. The molecule has 3 aromatic rings. The molecule has 0 aliphatic carbocycles. The molecule has 208 valence electrons. The van der Waals surface area contributed by atoms with Crippen LogP contribution in [0.1, 0.15) is 67.1 Å². The standard InChI is InChI=1S/C29H31FN6O4/c1-16-13-24(27(38)35-34-16)40-23-11-9-21(32-17(23)2)26(37)33-18(3)28(39)36-22(19-7-6-8-20(30)14-19)10-12-25(36)29(4,5)15-31/h6-9,11,13-14,18,22,25H,10,12H2,1-5H3,(H,33,37)(H,35,38)/t18-,22+,25?/m1/s1. The lowest BCUT2D eigenvalue weighted by atomic mass is 9.84. The second-order valence-electron chi connectivity index (χ2n) is 10.5. The van der Waals surface area contributed by atoms with E-state index in [1.54, 1.807) is 51.7 Å². The van der Waals surface area contributed by atoms with Crippen molar-refractivity contribution in [2.45, 2.75) is 65.6 Å². The molecule has 1 aromatic carbocycles. The highest BCUT2D eigenvalue weighted by Crippen LogP contribution is 2.43. The van der Waals surface area contributed by atoms with Gasteiger partial charge in [-0.25, -0.2) is 14.5 Å². The zero-order valence-corrected chi connectivity index (χ0v) is 23.0. The molecule has 0 radical (unpaired) electrons. The van der Waals surface area contributed by atoms with Crippen LogP contribution in [0, 0.1) is 36.4 Å². The van der Waals surface area contributed by atoms with Crippen molar-refractivity contribution < 1.29 is 18.7 Å². The van der Waals surface area contributed by atoms with E-state index in [0.717, 1.165) is 0 Å². The first-order chi connectivity index (χ1) is 18.9. The minimum absolute atomic E-state index is 0.0436. The second kappa shape index (κ2) is 11.3. The fourth-order valence-electron chi connectivity index (χ4n) is 4.96. The quantitative estimate of drug-likeness (QED) is 0.454. The molecule has 3 heterocycles. The summed E-state index contributed by atoms with van der Waals surface area (Å²) in [6.07, 6.45) is 1.13. The number of aryl methyl sites for hydroxylation is 2. The van der Waals surface area contributed by atoms with Crippen LogP contribution >= 0.6 is 0 Å². The Hall–Kier alpha value is -4.59. The predicted octanol–water partition coefficient (Wildman–Crippen LogP) is 4.11. The third-order valence-electron chi connectivity index (χ3n) is 7.10. The number of carbonyl (C=O) groups is 2. The summed E-state index contributed by atoms with van der Waals surface area (Å²) in [4.78, 5) is 44.7. The number of likely N-dealkylation sites (tertiary alicyclic amines) is 1. The Morgan fingerprint density at radius 2 is 1.95 bits per heavy atom. The maximum absolute atomic E-state index is 14.0. The van der Waals surface area contributed by atoms with Crippen molar-refractivity contribution in [2.75, 3.05) is 0 Å². The molecule has 2 aromatic heterocycles. The van der Waals surface area contributed by atoms with Gasteiger partial charge < -0.3 is 15.0 Å². The van der Waals surface area contributed by atoms with Gasteiger partial charge in [0, 0.05) is 6.07 Å². The number of nitriles is 1. The molecule has 11 heteroatoms. The van der Waals surface area contributed by atoms with Gasteiger partial charge in [0.25, 0.3) is 5.91 Å². The molecule has 3 atom stereocenters. The summed E-state index contributed by atoms with van der Waals surface area (Å²) >= 11 is 0. The average Bonchev–Trinajstić information content (AvgIpc) is 3.37. The van der Waals surface area contributed by atoms with E-state index in [4.69, 9.17) is 4.74 Å². The van der Waals surface area contributed by atoms with Crippen LogP contribution in [0.2, 0.25) is 0 Å². The van der Waals surface area contributed by atoms with E-state index < -0.39 is 40.8 Å². The van der Waals surface area contributed by atoms with Crippen LogP contribution in [0.15, 0.2) is 47.3 Å². The number of hydrogen-bond donors (Lipinski definition) is 2. The Kier molecular flexibility index (Phi) is 8.00. The van der Waals surface area contributed by atoms with Gasteiger partial charge in [0.2, 0.25) is 5.91 Å². The minimum atomic E-state index is -0.949. The van der Waals surface area contributed by atoms with E-state index in [1.165, 1.54) is 30.3 Å². The van der Waals surface area contributed by atoms with Crippen LogP contribution in [0.5, 0.6) is 11.5 Å². The molecule has 1 saturated heterocycles. The average molecular weight is 547 g/mol. The van der Waals surface area contributed by atoms with Crippen LogP contribution in [0.3, 0.4) is 0 Å². The normalized spacial score (nSPS) is 17.7. The van der Waals surface area contributed by atoms with Crippen LogP contribution in [-0.2, 0) is 4.79 Å². The van der Waals surface area contributed by atoms with Crippen molar-refractivity contribution in [3.63, 3.8) is 0 Å². The Morgan fingerprint density at radius 1 is 1.20 bits per heavy atom. The topological polar surface area (TPSA) is 141 Å². The number of rotatable bonds is 7. The van der Waals surface area contributed by atoms with Crippen molar-refractivity contribution in [2.24, 2.45) is 5.41 Å². The van der Waals surface area contributed by atoms with Crippen molar-refractivity contribution in [3.8, 4) is 17.6 Å². The summed E-state index contributed by atoms with van der Waals surface area (Å²) < 4.78 is 19.7. The number of amides is 2. The summed E-state index contributed by atoms with van der Waals surface area (Å²) in [5, 5.41) is 18.7. The first kappa shape index (κ1) is 28.4. The maximum Gasteiger partial charge on any atom is 0.307 e. The number of hydrogen-bond acceptors (Lipinski definition) is 7. The molecule has 1 aliphatic heterocycles. The number of aromatic amines is 1. The molecule has 1 unspecified atom stereocenters. The molecule has 2 N–H and O–H groups in total.